The van der Waals surface area contributed by atoms with Crippen LogP contribution in [-0.2, 0) is 11.3 Å². The molecule has 0 radical (unpaired) electrons. The zero-order valence-electron chi connectivity index (χ0n) is 10.9. The highest BCUT2D eigenvalue weighted by molar-refractivity contribution is 5.93. The molecule has 20 heavy (non-hydrogen) atoms. The van der Waals surface area contributed by atoms with Crippen LogP contribution in [0.15, 0.2) is 36.7 Å². The monoisotopic (exact) mass is 269 g/mol. The van der Waals surface area contributed by atoms with Gasteiger partial charge in [0.25, 0.3) is 0 Å². The number of rotatable bonds is 5. The molecule has 1 aliphatic carbocycles. The molecule has 6 nitrogen and oxygen atoms in total. The fourth-order valence-electron chi connectivity index (χ4n) is 1.76. The maximum atomic E-state index is 11.6. The van der Waals surface area contributed by atoms with Gasteiger partial charge in [0.2, 0.25) is 5.91 Å². The van der Waals surface area contributed by atoms with Crippen molar-refractivity contribution in [1.82, 2.24) is 15.2 Å². The minimum Gasteiger partial charge on any atom is -0.365 e. The molecule has 3 rings (SSSR count). The third-order valence-corrected chi connectivity index (χ3v) is 3.09. The second kappa shape index (κ2) is 5.64. The number of aromatic nitrogens is 3. The molecule has 0 unspecified atom stereocenters. The van der Waals surface area contributed by atoms with Crippen LogP contribution in [0.25, 0.3) is 0 Å². The maximum absolute atomic E-state index is 11.6. The lowest BCUT2D eigenvalue weighted by Gasteiger charge is -2.06. The first kappa shape index (κ1) is 12.5. The Balaban J connectivity index is 1.54. The summed E-state index contributed by atoms with van der Waals surface area (Å²) >= 11 is 0. The van der Waals surface area contributed by atoms with E-state index in [0.717, 1.165) is 18.4 Å². The van der Waals surface area contributed by atoms with Gasteiger partial charge in [0, 0.05) is 24.9 Å². The molecule has 1 saturated carbocycles. The van der Waals surface area contributed by atoms with E-state index in [1.807, 2.05) is 12.1 Å². The molecule has 2 N–H and O–H groups in total. The third-order valence-electron chi connectivity index (χ3n) is 3.09. The number of carbonyl (C=O) groups excluding carboxylic acids is 1. The SMILES string of the molecule is O=C(Nc1ccc(NCc2ccncc2)nn1)C1CC1. The molecule has 1 aliphatic rings. The number of anilines is 2. The van der Waals surface area contributed by atoms with E-state index in [2.05, 4.69) is 25.8 Å². The fraction of sp³-hybridized carbons (Fsp3) is 0.286. The lowest BCUT2D eigenvalue weighted by atomic mass is 10.3. The van der Waals surface area contributed by atoms with Crippen molar-refractivity contribution in [1.29, 1.82) is 0 Å². The summed E-state index contributed by atoms with van der Waals surface area (Å²) in [6.07, 6.45) is 5.45. The van der Waals surface area contributed by atoms with E-state index >= 15 is 0 Å². The quantitative estimate of drug-likeness (QED) is 0.865. The first-order chi connectivity index (χ1) is 9.81. The van der Waals surface area contributed by atoms with E-state index < -0.39 is 0 Å². The van der Waals surface area contributed by atoms with Crippen LogP contribution >= 0.6 is 0 Å². The van der Waals surface area contributed by atoms with Crippen molar-refractivity contribution in [3.8, 4) is 0 Å². The molecular formula is C14H15N5O. The Morgan fingerprint density at radius 2 is 1.80 bits per heavy atom. The zero-order chi connectivity index (χ0) is 13.8. The molecular weight excluding hydrogens is 254 g/mol. The second-order valence-electron chi connectivity index (χ2n) is 4.78. The molecule has 2 heterocycles. The van der Waals surface area contributed by atoms with Crippen LogP contribution in [0.1, 0.15) is 18.4 Å². The number of amides is 1. The van der Waals surface area contributed by atoms with Gasteiger partial charge in [-0.05, 0) is 42.7 Å². The molecule has 0 aliphatic heterocycles. The van der Waals surface area contributed by atoms with Crippen LogP contribution < -0.4 is 10.6 Å². The molecule has 102 valence electrons. The molecule has 2 aromatic rings. The normalized spacial score (nSPS) is 13.8. The van der Waals surface area contributed by atoms with Gasteiger partial charge in [-0.3, -0.25) is 9.78 Å². The molecule has 0 saturated heterocycles. The summed E-state index contributed by atoms with van der Waals surface area (Å²) in [5.74, 6) is 1.38. The summed E-state index contributed by atoms with van der Waals surface area (Å²) in [4.78, 5) is 15.5. The lowest BCUT2D eigenvalue weighted by Crippen LogP contribution is -2.15. The summed E-state index contributed by atoms with van der Waals surface area (Å²) in [5, 5.41) is 13.9. The summed E-state index contributed by atoms with van der Waals surface area (Å²) in [5.41, 5.74) is 1.12. The highest BCUT2D eigenvalue weighted by Crippen LogP contribution is 2.29. The number of carbonyl (C=O) groups is 1. The van der Waals surface area contributed by atoms with Gasteiger partial charge in [0.05, 0.1) is 0 Å². The van der Waals surface area contributed by atoms with Gasteiger partial charge in [-0.1, -0.05) is 0 Å². The van der Waals surface area contributed by atoms with Crippen molar-refractivity contribution < 1.29 is 4.79 Å². The predicted molar refractivity (Wildman–Crippen MR) is 74.9 cm³/mol. The second-order valence-corrected chi connectivity index (χ2v) is 4.78. The Bertz CT molecular complexity index is 580. The van der Waals surface area contributed by atoms with Crippen molar-refractivity contribution >= 4 is 17.5 Å². The summed E-state index contributed by atoms with van der Waals surface area (Å²) < 4.78 is 0. The summed E-state index contributed by atoms with van der Waals surface area (Å²) in [6.45, 7) is 0.658. The van der Waals surface area contributed by atoms with E-state index in [0.29, 0.717) is 18.2 Å². The standard InChI is InChI=1S/C14H15N5O/c20-14(11-1-2-11)17-13-4-3-12(18-19-13)16-9-10-5-7-15-8-6-10/h3-8,11H,1-2,9H2,(H,16,18)(H,17,19,20). The molecule has 1 amide bonds. The Kier molecular flexibility index (Phi) is 3.54. The number of nitrogens with one attached hydrogen (secondary N) is 2. The maximum Gasteiger partial charge on any atom is 0.228 e. The van der Waals surface area contributed by atoms with E-state index in [1.165, 1.54) is 0 Å². The third kappa shape index (κ3) is 3.28. The number of hydrogen-bond acceptors (Lipinski definition) is 5. The van der Waals surface area contributed by atoms with Gasteiger partial charge in [0.1, 0.15) is 5.82 Å². The zero-order valence-corrected chi connectivity index (χ0v) is 10.9. The van der Waals surface area contributed by atoms with Crippen LogP contribution in [0.5, 0.6) is 0 Å². The molecule has 0 atom stereocenters. The van der Waals surface area contributed by atoms with Crippen molar-refractivity contribution in [3.05, 3.63) is 42.2 Å². The van der Waals surface area contributed by atoms with Gasteiger partial charge in [-0.25, -0.2) is 0 Å². The molecule has 0 aromatic carbocycles. The van der Waals surface area contributed by atoms with E-state index in [-0.39, 0.29) is 11.8 Å². The molecule has 2 aromatic heterocycles. The van der Waals surface area contributed by atoms with E-state index in [1.54, 1.807) is 24.5 Å². The lowest BCUT2D eigenvalue weighted by molar-refractivity contribution is -0.117. The topological polar surface area (TPSA) is 79.8 Å². The number of nitrogens with zero attached hydrogens (tertiary/aromatic N) is 3. The Morgan fingerprint density at radius 3 is 2.45 bits per heavy atom. The average molecular weight is 269 g/mol. The van der Waals surface area contributed by atoms with Crippen LogP contribution in [0, 0.1) is 5.92 Å². The molecule has 1 fully saturated rings. The first-order valence-corrected chi connectivity index (χ1v) is 6.58. The van der Waals surface area contributed by atoms with E-state index in [4.69, 9.17) is 0 Å². The molecule has 6 heteroatoms. The highest BCUT2D eigenvalue weighted by Gasteiger charge is 2.29. The van der Waals surface area contributed by atoms with Gasteiger partial charge in [-0.15, -0.1) is 10.2 Å². The van der Waals surface area contributed by atoms with Crippen LogP contribution in [-0.4, -0.2) is 21.1 Å². The number of hydrogen-bond donors (Lipinski definition) is 2. The Morgan fingerprint density at radius 1 is 1.10 bits per heavy atom. The average Bonchev–Trinajstić information content (AvgIpc) is 3.32. The smallest absolute Gasteiger partial charge is 0.228 e. The molecule has 0 bridgehead atoms. The number of pyridine rings is 1. The highest BCUT2D eigenvalue weighted by atomic mass is 16.2. The largest absolute Gasteiger partial charge is 0.365 e. The summed E-state index contributed by atoms with van der Waals surface area (Å²) in [6, 6.07) is 7.42. The van der Waals surface area contributed by atoms with Crippen molar-refractivity contribution in [2.75, 3.05) is 10.6 Å². The Hall–Kier alpha value is -2.50. The minimum absolute atomic E-state index is 0.0387. The van der Waals surface area contributed by atoms with Gasteiger partial charge in [-0.2, -0.15) is 0 Å². The van der Waals surface area contributed by atoms with Gasteiger partial charge < -0.3 is 10.6 Å². The van der Waals surface area contributed by atoms with Gasteiger partial charge >= 0.3 is 0 Å². The van der Waals surface area contributed by atoms with E-state index in [9.17, 15) is 4.79 Å². The summed E-state index contributed by atoms with van der Waals surface area (Å²) in [7, 11) is 0. The van der Waals surface area contributed by atoms with Crippen LogP contribution in [0.3, 0.4) is 0 Å². The predicted octanol–water partition coefficient (Wildman–Crippen LogP) is 1.83. The Labute approximate surface area is 116 Å². The van der Waals surface area contributed by atoms with Crippen molar-refractivity contribution in [3.63, 3.8) is 0 Å². The first-order valence-electron chi connectivity index (χ1n) is 6.58. The minimum atomic E-state index is 0.0387. The fourth-order valence-corrected chi connectivity index (χ4v) is 1.76. The van der Waals surface area contributed by atoms with Crippen molar-refractivity contribution in [2.45, 2.75) is 19.4 Å². The van der Waals surface area contributed by atoms with Crippen LogP contribution in [0.4, 0.5) is 11.6 Å². The van der Waals surface area contributed by atoms with Crippen molar-refractivity contribution in [2.24, 2.45) is 5.92 Å². The van der Waals surface area contributed by atoms with Gasteiger partial charge in [0.15, 0.2) is 5.82 Å². The van der Waals surface area contributed by atoms with Crippen LogP contribution in [0.2, 0.25) is 0 Å². The molecule has 0 spiro atoms.